The molecule has 0 unspecified atom stereocenters. The molecule has 0 radical (unpaired) electrons. The molecule has 0 aliphatic carbocycles. The van der Waals surface area contributed by atoms with Crippen molar-refractivity contribution in [3.63, 3.8) is 0 Å². The number of nitrogens with one attached hydrogen (secondary N) is 2. The molecule has 6 heteroatoms. The Morgan fingerprint density at radius 1 is 1.07 bits per heavy atom. The molecular formula is C23H24FN3O2. The molecule has 0 saturated heterocycles. The number of rotatable bonds is 7. The standard InChI is InChI=1S/C23H24FN3O2/c1-3-13-25-23(29)20(26-22(28)18-10-5-7-11-19(18)24)14-16-15-27(4-2)21-12-8-6-9-17(16)21/h5-12,14-15H,3-4,13H2,1-2H3,(H,25,29)(H,26,28). The SMILES string of the molecule is CCCNC(=O)C(=Cc1cn(CC)c2ccccc12)NC(=O)c1ccccc1F. The van der Waals surface area contributed by atoms with Gasteiger partial charge in [-0.2, -0.15) is 0 Å². The summed E-state index contributed by atoms with van der Waals surface area (Å²) < 4.78 is 16.1. The highest BCUT2D eigenvalue weighted by molar-refractivity contribution is 6.06. The molecule has 0 aliphatic rings. The number of hydrogen-bond acceptors (Lipinski definition) is 2. The number of benzene rings is 2. The summed E-state index contributed by atoms with van der Waals surface area (Å²) in [5.74, 6) is -1.72. The second-order valence-electron chi connectivity index (χ2n) is 6.64. The fraction of sp³-hybridized carbons (Fsp3) is 0.217. The molecule has 150 valence electrons. The Bertz CT molecular complexity index is 1070. The maximum absolute atomic E-state index is 14.0. The molecule has 0 bridgehead atoms. The first kappa shape index (κ1) is 20.3. The van der Waals surface area contributed by atoms with Gasteiger partial charge in [0.15, 0.2) is 0 Å². The summed E-state index contributed by atoms with van der Waals surface area (Å²) in [6, 6.07) is 13.5. The van der Waals surface area contributed by atoms with E-state index in [0.29, 0.717) is 6.54 Å². The first-order chi connectivity index (χ1) is 14.0. The van der Waals surface area contributed by atoms with Gasteiger partial charge in [-0.1, -0.05) is 37.3 Å². The summed E-state index contributed by atoms with van der Waals surface area (Å²) in [6.07, 6.45) is 4.33. The molecule has 29 heavy (non-hydrogen) atoms. The van der Waals surface area contributed by atoms with Gasteiger partial charge in [-0.15, -0.1) is 0 Å². The molecule has 3 rings (SSSR count). The van der Waals surface area contributed by atoms with Crippen LogP contribution < -0.4 is 10.6 Å². The zero-order valence-corrected chi connectivity index (χ0v) is 16.5. The van der Waals surface area contributed by atoms with Gasteiger partial charge in [0.05, 0.1) is 5.56 Å². The highest BCUT2D eigenvalue weighted by atomic mass is 19.1. The monoisotopic (exact) mass is 393 g/mol. The van der Waals surface area contributed by atoms with Gasteiger partial charge < -0.3 is 15.2 Å². The normalized spacial score (nSPS) is 11.5. The van der Waals surface area contributed by atoms with Gasteiger partial charge in [0.1, 0.15) is 11.5 Å². The van der Waals surface area contributed by atoms with E-state index in [1.807, 2.05) is 44.3 Å². The van der Waals surface area contributed by atoms with Crippen LogP contribution in [0, 0.1) is 5.82 Å². The van der Waals surface area contributed by atoms with E-state index in [9.17, 15) is 14.0 Å². The number of aromatic nitrogens is 1. The van der Waals surface area contributed by atoms with Crippen LogP contribution >= 0.6 is 0 Å². The third kappa shape index (κ3) is 4.54. The number of carbonyl (C=O) groups is 2. The quantitative estimate of drug-likeness (QED) is 0.594. The zero-order valence-electron chi connectivity index (χ0n) is 16.5. The zero-order chi connectivity index (χ0) is 20.8. The maximum Gasteiger partial charge on any atom is 0.267 e. The summed E-state index contributed by atoms with van der Waals surface area (Å²) in [5, 5.41) is 6.32. The molecule has 0 aliphatic heterocycles. The lowest BCUT2D eigenvalue weighted by atomic mass is 10.1. The lowest BCUT2D eigenvalue weighted by Crippen LogP contribution is -2.35. The van der Waals surface area contributed by atoms with Crippen molar-refractivity contribution in [3.8, 4) is 0 Å². The summed E-state index contributed by atoms with van der Waals surface area (Å²) in [5.41, 5.74) is 1.80. The lowest BCUT2D eigenvalue weighted by Gasteiger charge is -2.11. The molecule has 1 aromatic heterocycles. The fourth-order valence-electron chi connectivity index (χ4n) is 3.13. The Hall–Kier alpha value is -3.41. The third-order valence-corrected chi connectivity index (χ3v) is 4.61. The smallest absolute Gasteiger partial charge is 0.267 e. The van der Waals surface area contributed by atoms with Crippen LogP contribution in [0.2, 0.25) is 0 Å². The minimum atomic E-state index is -0.666. The number of nitrogens with zero attached hydrogens (tertiary/aromatic N) is 1. The maximum atomic E-state index is 14.0. The van der Waals surface area contributed by atoms with Gasteiger partial charge in [-0.05, 0) is 37.6 Å². The molecule has 3 aromatic rings. The first-order valence-corrected chi connectivity index (χ1v) is 9.68. The fourth-order valence-corrected chi connectivity index (χ4v) is 3.13. The Balaban J connectivity index is 2.01. The van der Waals surface area contributed by atoms with Crippen molar-refractivity contribution in [3.05, 3.63) is 77.4 Å². The minimum Gasteiger partial charge on any atom is -0.351 e. The Morgan fingerprint density at radius 2 is 1.79 bits per heavy atom. The van der Waals surface area contributed by atoms with Crippen molar-refractivity contribution >= 4 is 28.8 Å². The summed E-state index contributed by atoms with van der Waals surface area (Å²) in [7, 11) is 0. The average Bonchev–Trinajstić information content (AvgIpc) is 3.09. The van der Waals surface area contributed by atoms with Crippen molar-refractivity contribution < 1.29 is 14.0 Å². The van der Waals surface area contributed by atoms with Crippen molar-refractivity contribution in [2.75, 3.05) is 6.54 Å². The first-order valence-electron chi connectivity index (χ1n) is 9.68. The predicted molar refractivity (Wildman–Crippen MR) is 113 cm³/mol. The summed E-state index contributed by atoms with van der Waals surface area (Å²) in [6.45, 7) is 5.22. The van der Waals surface area contributed by atoms with Gasteiger partial charge in [-0.25, -0.2) is 4.39 Å². The molecule has 2 N–H and O–H groups in total. The average molecular weight is 393 g/mol. The van der Waals surface area contributed by atoms with Crippen molar-refractivity contribution in [2.45, 2.75) is 26.8 Å². The summed E-state index contributed by atoms with van der Waals surface area (Å²) in [4.78, 5) is 25.3. The molecule has 5 nitrogen and oxygen atoms in total. The van der Waals surface area contributed by atoms with Gasteiger partial charge in [0.25, 0.3) is 11.8 Å². The van der Waals surface area contributed by atoms with E-state index >= 15 is 0 Å². The number of amides is 2. The number of fused-ring (bicyclic) bond motifs is 1. The number of hydrogen-bond donors (Lipinski definition) is 2. The van der Waals surface area contributed by atoms with Gasteiger partial charge >= 0.3 is 0 Å². The van der Waals surface area contributed by atoms with Gasteiger partial charge in [0.2, 0.25) is 0 Å². The Morgan fingerprint density at radius 3 is 2.52 bits per heavy atom. The van der Waals surface area contributed by atoms with E-state index in [4.69, 9.17) is 0 Å². The molecule has 2 aromatic carbocycles. The van der Waals surface area contributed by atoms with Gasteiger partial charge in [-0.3, -0.25) is 9.59 Å². The summed E-state index contributed by atoms with van der Waals surface area (Å²) >= 11 is 0. The van der Waals surface area contributed by atoms with Crippen LogP contribution in [0.1, 0.15) is 36.2 Å². The Kier molecular flexibility index (Phi) is 6.44. The van der Waals surface area contributed by atoms with Crippen molar-refractivity contribution in [1.29, 1.82) is 0 Å². The van der Waals surface area contributed by atoms with Crippen molar-refractivity contribution in [1.82, 2.24) is 15.2 Å². The van der Waals surface area contributed by atoms with Crippen LogP contribution in [-0.4, -0.2) is 22.9 Å². The molecule has 0 spiro atoms. The molecule has 0 fully saturated rings. The van der Waals surface area contributed by atoms with E-state index in [2.05, 4.69) is 15.2 Å². The van der Waals surface area contributed by atoms with E-state index in [-0.39, 0.29) is 11.3 Å². The van der Waals surface area contributed by atoms with Crippen LogP contribution in [-0.2, 0) is 11.3 Å². The Labute approximate surface area is 169 Å². The van der Waals surface area contributed by atoms with Gasteiger partial charge in [0, 0.05) is 35.8 Å². The second kappa shape index (κ2) is 9.19. The molecule has 2 amide bonds. The number of para-hydroxylation sites is 1. The largest absolute Gasteiger partial charge is 0.351 e. The number of aryl methyl sites for hydroxylation is 1. The van der Waals surface area contributed by atoms with Crippen LogP contribution in [0.25, 0.3) is 17.0 Å². The number of carbonyl (C=O) groups excluding carboxylic acids is 2. The van der Waals surface area contributed by atoms with E-state index < -0.39 is 17.6 Å². The predicted octanol–water partition coefficient (Wildman–Crippen LogP) is 4.10. The molecule has 0 atom stereocenters. The number of halogens is 1. The lowest BCUT2D eigenvalue weighted by molar-refractivity contribution is -0.117. The highest BCUT2D eigenvalue weighted by Gasteiger charge is 2.17. The van der Waals surface area contributed by atoms with E-state index in [1.54, 1.807) is 12.1 Å². The van der Waals surface area contributed by atoms with Crippen molar-refractivity contribution in [2.24, 2.45) is 0 Å². The molecule has 0 saturated carbocycles. The van der Waals surface area contributed by atoms with E-state index in [1.165, 1.54) is 18.2 Å². The highest BCUT2D eigenvalue weighted by Crippen LogP contribution is 2.23. The third-order valence-electron chi connectivity index (χ3n) is 4.61. The molecular weight excluding hydrogens is 369 g/mol. The minimum absolute atomic E-state index is 0.0747. The van der Waals surface area contributed by atoms with Crippen LogP contribution in [0.5, 0.6) is 0 Å². The van der Waals surface area contributed by atoms with Crippen LogP contribution in [0.15, 0.2) is 60.4 Å². The molecule has 1 heterocycles. The van der Waals surface area contributed by atoms with Crippen LogP contribution in [0.3, 0.4) is 0 Å². The second-order valence-corrected chi connectivity index (χ2v) is 6.64. The van der Waals surface area contributed by atoms with E-state index in [0.717, 1.165) is 29.4 Å². The van der Waals surface area contributed by atoms with Crippen LogP contribution in [0.4, 0.5) is 4.39 Å². The topological polar surface area (TPSA) is 63.1 Å².